The van der Waals surface area contributed by atoms with Gasteiger partial charge in [-0.2, -0.15) is 16.4 Å². The maximum Gasteiger partial charge on any atom is 0.159 e. The molecule has 0 aliphatic rings. The molecule has 0 bridgehead atoms. The molecule has 0 fully saturated rings. The molecule has 5 aromatic heterocycles. The number of pyridine rings is 1. The average molecular weight is 395 g/mol. The average Bonchev–Trinajstić information content (AvgIpc) is 3.52. The lowest BCUT2D eigenvalue weighted by Gasteiger charge is -2.01. The van der Waals surface area contributed by atoms with Crippen molar-refractivity contribution in [2.24, 2.45) is 0 Å². The topological polar surface area (TPSA) is 96.0 Å². The van der Waals surface area contributed by atoms with E-state index < -0.39 is 0 Å². The van der Waals surface area contributed by atoms with Crippen molar-refractivity contribution in [3.05, 3.63) is 66.0 Å². The summed E-state index contributed by atoms with van der Waals surface area (Å²) in [6, 6.07) is 10.1. The SMILES string of the molecule is c1ncc(-c2ccc3[nH]nc(-c4nc5c(-c6ccsc6)nccc5[nH]4)c3c2)cn1. The third-order valence-electron chi connectivity index (χ3n) is 4.88. The second-order valence-corrected chi connectivity index (χ2v) is 7.39. The van der Waals surface area contributed by atoms with E-state index in [9.17, 15) is 0 Å². The van der Waals surface area contributed by atoms with Gasteiger partial charge in [0.05, 0.1) is 16.7 Å². The number of thiophene rings is 1. The van der Waals surface area contributed by atoms with Gasteiger partial charge >= 0.3 is 0 Å². The molecule has 7 nitrogen and oxygen atoms in total. The zero-order valence-electron chi connectivity index (χ0n) is 15.0. The van der Waals surface area contributed by atoms with E-state index >= 15 is 0 Å². The summed E-state index contributed by atoms with van der Waals surface area (Å²) in [5.41, 5.74) is 7.39. The summed E-state index contributed by atoms with van der Waals surface area (Å²) in [5, 5.41) is 12.7. The predicted molar refractivity (Wildman–Crippen MR) is 113 cm³/mol. The number of benzene rings is 1. The molecule has 5 heterocycles. The highest BCUT2D eigenvalue weighted by molar-refractivity contribution is 7.08. The highest BCUT2D eigenvalue weighted by atomic mass is 32.1. The quantitative estimate of drug-likeness (QED) is 0.453. The monoisotopic (exact) mass is 395 g/mol. The summed E-state index contributed by atoms with van der Waals surface area (Å²) in [7, 11) is 0. The van der Waals surface area contributed by atoms with Crippen LogP contribution in [-0.2, 0) is 0 Å². The Balaban J connectivity index is 1.53. The normalized spacial score (nSPS) is 11.4. The number of aromatic amines is 2. The first-order chi connectivity index (χ1) is 14.4. The molecule has 0 saturated carbocycles. The summed E-state index contributed by atoms with van der Waals surface area (Å²) < 4.78 is 0. The molecule has 0 amide bonds. The Hall–Kier alpha value is -3.91. The van der Waals surface area contributed by atoms with Crippen LogP contribution in [0.4, 0.5) is 0 Å². The number of nitrogens with zero attached hydrogens (tertiary/aromatic N) is 5. The Kier molecular flexibility index (Phi) is 3.50. The molecule has 6 aromatic rings. The Labute approximate surface area is 168 Å². The van der Waals surface area contributed by atoms with Crippen LogP contribution in [0.5, 0.6) is 0 Å². The third kappa shape index (κ3) is 2.61. The number of hydrogen-bond acceptors (Lipinski definition) is 6. The number of aromatic nitrogens is 7. The van der Waals surface area contributed by atoms with Crippen molar-refractivity contribution in [3.63, 3.8) is 0 Å². The lowest BCUT2D eigenvalue weighted by molar-refractivity contribution is 1.11. The van der Waals surface area contributed by atoms with Gasteiger partial charge in [-0.3, -0.25) is 10.1 Å². The van der Waals surface area contributed by atoms with Crippen LogP contribution < -0.4 is 0 Å². The van der Waals surface area contributed by atoms with Crippen molar-refractivity contribution in [3.8, 4) is 33.9 Å². The van der Waals surface area contributed by atoms with Crippen molar-refractivity contribution in [1.82, 2.24) is 35.1 Å². The van der Waals surface area contributed by atoms with Gasteiger partial charge in [0.1, 0.15) is 17.5 Å². The molecule has 0 saturated heterocycles. The molecule has 2 N–H and O–H groups in total. The molecule has 29 heavy (non-hydrogen) atoms. The van der Waals surface area contributed by atoms with Gasteiger partial charge in [-0.05, 0) is 35.2 Å². The Morgan fingerprint density at radius 1 is 0.862 bits per heavy atom. The number of imidazole rings is 1. The van der Waals surface area contributed by atoms with Gasteiger partial charge < -0.3 is 4.98 Å². The van der Waals surface area contributed by atoms with Crippen LogP contribution >= 0.6 is 11.3 Å². The van der Waals surface area contributed by atoms with Gasteiger partial charge in [0.25, 0.3) is 0 Å². The molecule has 6 rings (SSSR count). The van der Waals surface area contributed by atoms with Crippen LogP contribution in [0.1, 0.15) is 0 Å². The highest BCUT2D eigenvalue weighted by Crippen LogP contribution is 2.32. The lowest BCUT2D eigenvalue weighted by atomic mass is 10.1. The van der Waals surface area contributed by atoms with Crippen LogP contribution in [-0.4, -0.2) is 35.1 Å². The number of nitrogens with one attached hydrogen (secondary N) is 2. The van der Waals surface area contributed by atoms with E-state index in [1.165, 1.54) is 6.33 Å². The fourth-order valence-electron chi connectivity index (χ4n) is 3.48. The van der Waals surface area contributed by atoms with Crippen LogP contribution in [0.3, 0.4) is 0 Å². The number of fused-ring (bicyclic) bond motifs is 2. The van der Waals surface area contributed by atoms with E-state index in [0.29, 0.717) is 5.82 Å². The van der Waals surface area contributed by atoms with Crippen molar-refractivity contribution < 1.29 is 0 Å². The zero-order chi connectivity index (χ0) is 19.2. The molecule has 0 aliphatic carbocycles. The van der Waals surface area contributed by atoms with Gasteiger partial charge in [0, 0.05) is 40.5 Å². The van der Waals surface area contributed by atoms with Gasteiger partial charge in [-0.15, -0.1) is 0 Å². The third-order valence-corrected chi connectivity index (χ3v) is 5.56. The predicted octanol–water partition coefficient (Wildman–Crippen LogP) is 4.69. The summed E-state index contributed by atoms with van der Waals surface area (Å²) in [4.78, 5) is 21.0. The molecule has 8 heteroatoms. The minimum absolute atomic E-state index is 0.706. The molecule has 138 valence electrons. The molecule has 0 radical (unpaired) electrons. The first-order valence-corrected chi connectivity index (χ1v) is 9.92. The molecule has 0 aliphatic heterocycles. The van der Waals surface area contributed by atoms with Crippen molar-refractivity contribution in [1.29, 1.82) is 0 Å². The number of rotatable bonds is 3. The van der Waals surface area contributed by atoms with Crippen molar-refractivity contribution in [2.45, 2.75) is 0 Å². The standard InChI is InChI=1S/C21H13N7S/c1-2-16-15(7-12(1)14-8-22-11-23-9-14)19(28-27-16)21-25-17-3-5-24-18(20(17)26-21)13-4-6-29-10-13/h1-11H,(H,25,26)(H,27,28). The molecular formula is C21H13N7S. The number of H-pyrrole nitrogens is 2. The van der Waals surface area contributed by atoms with E-state index in [0.717, 1.165) is 50.0 Å². The Morgan fingerprint density at radius 3 is 2.66 bits per heavy atom. The summed E-state index contributed by atoms with van der Waals surface area (Å²) in [5.74, 6) is 0.706. The highest BCUT2D eigenvalue weighted by Gasteiger charge is 2.16. The van der Waals surface area contributed by atoms with Crippen LogP contribution in [0.15, 0.2) is 66.0 Å². The molecule has 0 unspecified atom stereocenters. The zero-order valence-corrected chi connectivity index (χ0v) is 15.8. The minimum Gasteiger partial charge on any atom is -0.336 e. The van der Waals surface area contributed by atoms with E-state index in [-0.39, 0.29) is 0 Å². The van der Waals surface area contributed by atoms with E-state index in [1.807, 2.05) is 23.6 Å². The second kappa shape index (κ2) is 6.32. The van der Waals surface area contributed by atoms with Gasteiger partial charge in [0.15, 0.2) is 5.82 Å². The summed E-state index contributed by atoms with van der Waals surface area (Å²) in [6.07, 6.45) is 6.92. The Morgan fingerprint density at radius 2 is 1.79 bits per heavy atom. The maximum atomic E-state index is 4.84. The molecule has 0 spiro atoms. The van der Waals surface area contributed by atoms with Crippen LogP contribution in [0.25, 0.3) is 55.8 Å². The van der Waals surface area contributed by atoms with E-state index in [1.54, 1.807) is 29.9 Å². The lowest BCUT2D eigenvalue weighted by Crippen LogP contribution is -1.84. The fourth-order valence-corrected chi connectivity index (χ4v) is 4.12. The van der Waals surface area contributed by atoms with Crippen LogP contribution in [0, 0.1) is 0 Å². The smallest absolute Gasteiger partial charge is 0.159 e. The first-order valence-electron chi connectivity index (χ1n) is 8.98. The van der Waals surface area contributed by atoms with Crippen molar-refractivity contribution >= 4 is 33.3 Å². The van der Waals surface area contributed by atoms with Crippen LogP contribution in [0.2, 0.25) is 0 Å². The summed E-state index contributed by atoms with van der Waals surface area (Å²) in [6.45, 7) is 0. The second-order valence-electron chi connectivity index (χ2n) is 6.61. The van der Waals surface area contributed by atoms with E-state index in [2.05, 4.69) is 47.6 Å². The van der Waals surface area contributed by atoms with Crippen molar-refractivity contribution in [2.75, 3.05) is 0 Å². The van der Waals surface area contributed by atoms with Gasteiger partial charge in [0.2, 0.25) is 0 Å². The summed E-state index contributed by atoms with van der Waals surface area (Å²) >= 11 is 1.64. The largest absolute Gasteiger partial charge is 0.336 e. The molecule has 1 aromatic carbocycles. The Bertz CT molecular complexity index is 1450. The fraction of sp³-hybridized carbons (Fsp3) is 0. The van der Waals surface area contributed by atoms with Gasteiger partial charge in [-0.1, -0.05) is 6.07 Å². The molecular weight excluding hydrogens is 382 g/mol. The van der Waals surface area contributed by atoms with Gasteiger partial charge in [-0.25, -0.2) is 15.0 Å². The number of hydrogen-bond donors (Lipinski definition) is 2. The molecule has 0 atom stereocenters. The maximum absolute atomic E-state index is 4.84. The first kappa shape index (κ1) is 16.1. The van der Waals surface area contributed by atoms with E-state index in [4.69, 9.17) is 4.98 Å². The minimum atomic E-state index is 0.706.